The first-order valence-corrected chi connectivity index (χ1v) is 12.8. The Morgan fingerprint density at radius 1 is 0.972 bits per heavy atom. The molecule has 0 unspecified atom stereocenters. The molecule has 1 aliphatic heterocycles. The van der Waals surface area contributed by atoms with E-state index in [0.717, 1.165) is 48.8 Å². The third kappa shape index (κ3) is 6.71. The van der Waals surface area contributed by atoms with Gasteiger partial charge in [-0.2, -0.15) is 0 Å². The van der Waals surface area contributed by atoms with E-state index in [0.29, 0.717) is 31.9 Å². The Bertz CT molecular complexity index is 1060. The monoisotopic (exact) mass is 496 g/mol. The highest BCUT2D eigenvalue weighted by atomic mass is 16.5. The minimum Gasteiger partial charge on any atom is -0.504 e. The second-order valence-corrected chi connectivity index (χ2v) is 10.2. The molecule has 0 aliphatic carbocycles. The van der Waals surface area contributed by atoms with Gasteiger partial charge in [0.25, 0.3) is 5.91 Å². The maximum atomic E-state index is 13.4. The van der Waals surface area contributed by atoms with Gasteiger partial charge < -0.3 is 24.4 Å². The van der Waals surface area contributed by atoms with Gasteiger partial charge in [0.15, 0.2) is 11.5 Å². The molecular weight excluding hydrogens is 456 g/mol. The van der Waals surface area contributed by atoms with Crippen LogP contribution >= 0.6 is 0 Å². The van der Waals surface area contributed by atoms with E-state index in [-0.39, 0.29) is 23.2 Å². The highest BCUT2D eigenvalue weighted by molar-refractivity contribution is 5.96. The first-order chi connectivity index (χ1) is 17.2. The Balaban J connectivity index is 1.63. The predicted octanol–water partition coefficient (Wildman–Crippen LogP) is 5.08. The van der Waals surface area contributed by atoms with Crippen molar-refractivity contribution in [1.29, 1.82) is 0 Å². The van der Waals surface area contributed by atoms with Crippen molar-refractivity contribution in [3.8, 4) is 11.5 Å². The van der Waals surface area contributed by atoms with Crippen molar-refractivity contribution in [3.05, 3.63) is 58.7 Å². The van der Waals surface area contributed by atoms with Crippen molar-refractivity contribution in [2.24, 2.45) is 5.41 Å². The Labute approximate surface area is 215 Å². The molecule has 3 rings (SSSR count). The molecule has 2 aromatic carbocycles. The minimum atomic E-state index is -0.342. The summed E-state index contributed by atoms with van der Waals surface area (Å²) < 4.78 is 10.0. The lowest BCUT2D eigenvalue weighted by Crippen LogP contribution is -2.50. The van der Waals surface area contributed by atoms with E-state index in [2.05, 4.69) is 26.8 Å². The second kappa shape index (κ2) is 12.2. The lowest BCUT2D eigenvalue weighted by Gasteiger charge is -2.34. The summed E-state index contributed by atoms with van der Waals surface area (Å²) in [5.41, 5.74) is 4.38. The molecule has 2 amide bonds. The van der Waals surface area contributed by atoms with E-state index in [1.54, 1.807) is 18.1 Å². The number of benzene rings is 2. The van der Waals surface area contributed by atoms with Crippen LogP contribution in [-0.2, 0) is 24.0 Å². The summed E-state index contributed by atoms with van der Waals surface area (Å²) in [6.45, 7) is 8.67. The van der Waals surface area contributed by atoms with E-state index >= 15 is 0 Å². The average Bonchev–Trinajstić information content (AvgIpc) is 2.90. The summed E-state index contributed by atoms with van der Waals surface area (Å²) in [4.78, 5) is 28.6. The summed E-state index contributed by atoms with van der Waals surface area (Å²) in [5.74, 6) is 0.706. The third-order valence-corrected chi connectivity index (χ3v) is 7.26. The number of amides is 2. The fourth-order valence-corrected chi connectivity index (χ4v) is 4.84. The first-order valence-electron chi connectivity index (χ1n) is 12.8. The summed E-state index contributed by atoms with van der Waals surface area (Å²) in [6, 6.07) is 11.6. The lowest BCUT2D eigenvalue weighted by atomic mass is 9.80. The van der Waals surface area contributed by atoms with Crippen LogP contribution < -0.4 is 4.74 Å². The van der Waals surface area contributed by atoms with Gasteiger partial charge in [0, 0.05) is 31.7 Å². The largest absolute Gasteiger partial charge is 0.504 e. The molecule has 196 valence electrons. The van der Waals surface area contributed by atoms with Crippen molar-refractivity contribution in [2.75, 3.05) is 40.4 Å². The molecule has 7 nitrogen and oxygen atoms in total. The van der Waals surface area contributed by atoms with E-state index in [1.165, 1.54) is 12.7 Å². The number of carbonyl (C=O) groups is 2. The van der Waals surface area contributed by atoms with E-state index in [1.807, 2.05) is 29.2 Å². The smallest absolute Gasteiger partial charge is 0.409 e. The summed E-state index contributed by atoms with van der Waals surface area (Å²) in [6.07, 6.45) is 4.28. The number of phenolic OH excluding ortho intramolecular Hbond substituents is 1. The molecule has 0 saturated carbocycles. The number of piperazine rings is 1. The van der Waals surface area contributed by atoms with Gasteiger partial charge in [0.2, 0.25) is 0 Å². The van der Waals surface area contributed by atoms with Gasteiger partial charge in [0.05, 0.1) is 14.2 Å². The van der Waals surface area contributed by atoms with E-state index in [9.17, 15) is 14.7 Å². The molecule has 1 saturated heterocycles. The molecule has 1 heterocycles. The van der Waals surface area contributed by atoms with Gasteiger partial charge in [-0.15, -0.1) is 0 Å². The molecule has 7 heteroatoms. The summed E-state index contributed by atoms with van der Waals surface area (Å²) in [5, 5.41) is 9.84. The highest BCUT2D eigenvalue weighted by Gasteiger charge is 2.27. The van der Waals surface area contributed by atoms with Crippen LogP contribution in [0.15, 0.2) is 36.4 Å². The fraction of sp³-hybridized carbons (Fsp3) is 0.517. The van der Waals surface area contributed by atoms with Gasteiger partial charge in [-0.25, -0.2) is 4.79 Å². The number of rotatable bonds is 9. The number of methoxy groups -OCH3 is 2. The standard InChI is InChI=1S/C29H40N2O5/c1-6-23-22(13-15-29(2,3)14-12-21-10-11-25(32)26(20-21)35-4)8-7-9-24(23)27(33)30-16-18-31(19-17-30)28(34)36-5/h7-11,20,32H,6,12-19H2,1-5H3. The van der Waals surface area contributed by atoms with Crippen LogP contribution in [0.3, 0.4) is 0 Å². The van der Waals surface area contributed by atoms with Crippen LogP contribution in [-0.4, -0.2) is 67.3 Å². The Hall–Kier alpha value is -3.22. The van der Waals surface area contributed by atoms with Crippen LogP contribution in [0.5, 0.6) is 11.5 Å². The summed E-state index contributed by atoms with van der Waals surface area (Å²) >= 11 is 0. The number of aromatic hydroxyl groups is 1. The Morgan fingerprint density at radius 3 is 2.28 bits per heavy atom. The lowest BCUT2D eigenvalue weighted by molar-refractivity contribution is 0.0598. The van der Waals surface area contributed by atoms with Crippen molar-refractivity contribution in [3.63, 3.8) is 0 Å². The van der Waals surface area contributed by atoms with Crippen LogP contribution in [0.1, 0.15) is 60.7 Å². The Morgan fingerprint density at radius 2 is 1.64 bits per heavy atom. The van der Waals surface area contributed by atoms with Crippen molar-refractivity contribution < 1.29 is 24.2 Å². The van der Waals surface area contributed by atoms with Crippen LogP contribution in [0.4, 0.5) is 4.79 Å². The maximum absolute atomic E-state index is 13.4. The number of hydrogen-bond acceptors (Lipinski definition) is 5. The molecule has 0 radical (unpaired) electrons. The molecule has 0 atom stereocenters. The zero-order valence-electron chi connectivity index (χ0n) is 22.3. The maximum Gasteiger partial charge on any atom is 0.409 e. The van der Waals surface area contributed by atoms with Crippen molar-refractivity contribution in [2.45, 2.75) is 52.9 Å². The SMILES string of the molecule is CCc1c(CCC(C)(C)CCc2ccc(O)c(OC)c2)cccc1C(=O)N1CCN(C(=O)OC)CC1. The number of carbonyl (C=O) groups excluding carboxylic acids is 2. The molecule has 0 bridgehead atoms. The Kier molecular flexibility index (Phi) is 9.24. The molecule has 1 N–H and O–H groups in total. The van der Waals surface area contributed by atoms with Crippen LogP contribution in [0.2, 0.25) is 0 Å². The normalized spacial score (nSPS) is 14.0. The fourth-order valence-electron chi connectivity index (χ4n) is 4.84. The van der Waals surface area contributed by atoms with Crippen molar-refractivity contribution >= 4 is 12.0 Å². The predicted molar refractivity (Wildman–Crippen MR) is 141 cm³/mol. The number of phenols is 1. The molecule has 0 spiro atoms. The minimum absolute atomic E-state index is 0.0405. The average molecular weight is 497 g/mol. The van der Waals surface area contributed by atoms with Gasteiger partial charge in [0.1, 0.15) is 0 Å². The third-order valence-electron chi connectivity index (χ3n) is 7.26. The number of hydrogen-bond donors (Lipinski definition) is 1. The molecular formula is C29H40N2O5. The van der Waals surface area contributed by atoms with E-state index in [4.69, 9.17) is 9.47 Å². The first kappa shape index (κ1) is 27.4. The zero-order valence-corrected chi connectivity index (χ0v) is 22.3. The molecule has 1 aliphatic rings. The van der Waals surface area contributed by atoms with Crippen LogP contribution in [0, 0.1) is 5.41 Å². The number of ether oxygens (including phenoxy) is 2. The zero-order chi connectivity index (χ0) is 26.3. The van der Waals surface area contributed by atoms with Gasteiger partial charge in [-0.1, -0.05) is 39.0 Å². The molecule has 2 aromatic rings. The summed E-state index contributed by atoms with van der Waals surface area (Å²) in [7, 11) is 2.94. The number of aryl methyl sites for hydroxylation is 2. The van der Waals surface area contributed by atoms with Crippen molar-refractivity contribution in [1.82, 2.24) is 9.80 Å². The molecule has 0 aromatic heterocycles. The topological polar surface area (TPSA) is 79.3 Å². The van der Waals surface area contributed by atoms with Gasteiger partial charge in [-0.3, -0.25) is 4.79 Å². The van der Waals surface area contributed by atoms with Gasteiger partial charge in [-0.05, 0) is 72.4 Å². The quantitative estimate of drug-likeness (QED) is 0.524. The number of nitrogens with zero attached hydrogens (tertiary/aromatic N) is 2. The second-order valence-electron chi connectivity index (χ2n) is 10.2. The van der Waals surface area contributed by atoms with Gasteiger partial charge >= 0.3 is 6.09 Å². The van der Waals surface area contributed by atoms with E-state index < -0.39 is 0 Å². The molecule has 1 fully saturated rings. The van der Waals surface area contributed by atoms with Crippen LogP contribution in [0.25, 0.3) is 0 Å². The molecule has 36 heavy (non-hydrogen) atoms. The highest BCUT2D eigenvalue weighted by Crippen LogP contribution is 2.32.